The Bertz CT molecular complexity index is 831. The predicted molar refractivity (Wildman–Crippen MR) is 101 cm³/mol. The van der Waals surface area contributed by atoms with Gasteiger partial charge >= 0.3 is 0 Å². The van der Waals surface area contributed by atoms with Crippen LogP contribution in [-0.4, -0.2) is 18.4 Å². The highest BCUT2D eigenvalue weighted by Gasteiger charge is 2.36. The summed E-state index contributed by atoms with van der Waals surface area (Å²) in [6, 6.07) is 10.9. The average Bonchev–Trinajstić information content (AvgIpc) is 2.93. The van der Waals surface area contributed by atoms with Gasteiger partial charge in [-0.2, -0.15) is 0 Å². The topological polar surface area (TPSA) is 49.4 Å². The molecule has 1 fully saturated rings. The van der Waals surface area contributed by atoms with E-state index in [0.717, 1.165) is 16.8 Å². The third kappa shape index (κ3) is 3.51. The highest BCUT2D eigenvalue weighted by Crippen LogP contribution is 2.33. The van der Waals surface area contributed by atoms with Gasteiger partial charge in [-0.05, 0) is 37.1 Å². The molecule has 3 rings (SSSR count). The van der Waals surface area contributed by atoms with E-state index in [-0.39, 0.29) is 18.2 Å². The number of anilines is 2. The summed E-state index contributed by atoms with van der Waals surface area (Å²) in [6.45, 7) is 4.29. The van der Waals surface area contributed by atoms with Crippen molar-refractivity contribution >= 4 is 46.4 Å². The van der Waals surface area contributed by atoms with E-state index in [1.165, 1.54) is 0 Å². The average molecular weight is 377 g/mol. The fourth-order valence-electron chi connectivity index (χ4n) is 3.17. The molecule has 0 aliphatic carbocycles. The summed E-state index contributed by atoms with van der Waals surface area (Å²) in [7, 11) is 0. The van der Waals surface area contributed by atoms with Gasteiger partial charge in [0.2, 0.25) is 11.8 Å². The van der Waals surface area contributed by atoms with Crippen LogP contribution in [0.2, 0.25) is 10.0 Å². The zero-order valence-corrected chi connectivity index (χ0v) is 15.5. The molecular weight excluding hydrogens is 359 g/mol. The quantitative estimate of drug-likeness (QED) is 0.850. The first-order valence-electron chi connectivity index (χ1n) is 8.00. The van der Waals surface area contributed by atoms with Crippen molar-refractivity contribution in [2.24, 2.45) is 5.92 Å². The number of carbonyl (C=O) groups excluding carboxylic acids is 2. The van der Waals surface area contributed by atoms with Crippen LogP contribution < -0.4 is 10.2 Å². The number of rotatable bonds is 3. The number of aryl methyl sites for hydroxylation is 2. The molecule has 1 aliphatic rings. The number of carbonyl (C=O) groups is 2. The molecule has 0 unspecified atom stereocenters. The number of nitrogens with one attached hydrogen (secondary N) is 1. The van der Waals surface area contributed by atoms with Gasteiger partial charge in [0, 0.05) is 18.7 Å². The smallest absolute Gasteiger partial charge is 0.229 e. The second-order valence-electron chi connectivity index (χ2n) is 6.24. The first-order chi connectivity index (χ1) is 11.9. The monoisotopic (exact) mass is 376 g/mol. The van der Waals surface area contributed by atoms with E-state index in [2.05, 4.69) is 5.32 Å². The highest BCUT2D eigenvalue weighted by molar-refractivity contribution is 6.44. The summed E-state index contributed by atoms with van der Waals surface area (Å²) in [5.74, 6) is -0.706. The zero-order chi connectivity index (χ0) is 18.1. The van der Waals surface area contributed by atoms with Crippen LogP contribution in [0, 0.1) is 19.8 Å². The van der Waals surface area contributed by atoms with E-state index in [0.29, 0.717) is 22.3 Å². The normalized spacial score (nSPS) is 17.0. The number of hydrogen-bond acceptors (Lipinski definition) is 2. The number of benzene rings is 2. The highest BCUT2D eigenvalue weighted by atomic mass is 35.5. The zero-order valence-electron chi connectivity index (χ0n) is 14.0. The van der Waals surface area contributed by atoms with E-state index >= 15 is 0 Å². The van der Waals surface area contributed by atoms with Crippen LogP contribution in [0.3, 0.4) is 0 Å². The summed E-state index contributed by atoms with van der Waals surface area (Å²) in [6.07, 6.45) is 0.178. The number of amides is 2. The van der Waals surface area contributed by atoms with Gasteiger partial charge < -0.3 is 10.2 Å². The molecule has 4 nitrogen and oxygen atoms in total. The molecule has 25 heavy (non-hydrogen) atoms. The molecule has 0 spiro atoms. The molecule has 0 radical (unpaired) electrons. The van der Waals surface area contributed by atoms with Gasteiger partial charge in [-0.15, -0.1) is 0 Å². The second kappa shape index (κ2) is 7.06. The number of hydrogen-bond donors (Lipinski definition) is 1. The fourth-order valence-corrected chi connectivity index (χ4v) is 3.51. The Labute approximate surface area is 156 Å². The summed E-state index contributed by atoms with van der Waals surface area (Å²) < 4.78 is 0. The molecule has 1 saturated heterocycles. The van der Waals surface area contributed by atoms with E-state index < -0.39 is 5.92 Å². The van der Waals surface area contributed by atoms with Crippen LogP contribution >= 0.6 is 23.2 Å². The molecule has 1 heterocycles. The van der Waals surface area contributed by atoms with Crippen LogP contribution in [0.25, 0.3) is 0 Å². The van der Waals surface area contributed by atoms with Gasteiger partial charge in [0.05, 0.1) is 21.7 Å². The molecule has 1 aliphatic heterocycles. The van der Waals surface area contributed by atoms with Gasteiger partial charge in [-0.3, -0.25) is 9.59 Å². The fraction of sp³-hybridized carbons (Fsp3) is 0.263. The van der Waals surface area contributed by atoms with Crippen LogP contribution in [0.15, 0.2) is 36.4 Å². The molecule has 1 atom stereocenters. The largest absolute Gasteiger partial charge is 0.324 e. The Morgan fingerprint density at radius 1 is 1.12 bits per heavy atom. The van der Waals surface area contributed by atoms with Crippen LogP contribution in [-0.2, 0) is 9.59 Å². The minimum Gasteiger partial charge on any atom is -0.324 e. The summed E-state index contributed by atoms with van der Waals surface area (Å²) in [5, 5.41) is 3.45. The van der Waals surface area contributed by atoms with Crippen molar-refractivity contribution < 1.29 is 9.59 Å². The van der Waals surface area contributed by atoms with Crippen LogP contribution in [0.5, 0.6) is 0 Å². The lowest BCUT2D eigenvalue weighted by molar-refractivity contribution is -0.122. The lowest BCUT2D eigenvalue weighted by Gasteiger charge is -2.21. The Morgan fingerprint density at radius 2 is 1.76 bits per heavy atom. The van der Waals surface area contributed by atoms with Crippen molar-refractivity contribution in [1.29, 1.82) is 0 Å². The van der Waals surface area contributed by atoms with Crippen LogP contribution in [0.4, 0.5) is 11.4 Å². The molecule has 2 amide bonds. The molecule has 0 aromatic heterocycles. The van der Waals surface area contributed by atoms with Crippen molar-refractivity contribution in [2.45, 2.75) is 20.3 Å². The molecule has 6 heteroatoms. The third-order valence-electron chi connectivity index (χ3n) is 4.41. The van der Waals surface area contributed by atoms with E-state index in [1.807, 2.05) is 32.0 Å². The first-order valence-corrected chi connectivity index (χ1v) is 8.75. The minimum absolute atomic E-state index is 0.0465. The third-order valence-corrected chi connectivity index (χ3v) is 5.23. The molecule has 2 aromatic rings. The maximum absolute atomic E-state index is 12.6. The van der Waals surface area contributed by atoms with E-state index in [1.54, 1.807) is 23.1 Å². The lowest BCUT2D eigenvalue weighted by atomic mass is 10.1. The maximum atomic E-state index is 12.6. The molecule has 130 valence electrons. The summed E-state index contributed by atoms with van der Waals surface area (Å²) >= 11 is 12.1. The van der Waals surface area contributed by atoms with E-state index in [9.17, 15) is 9.59 Å². The summed E-state index contributed by atoms with van der Waals surface area (Å²) in [5.41, 5.74) is 3.39. The Kier molecular flexibility index (Phi) is 5.02. The van der Waals surface area contributed by atoms with Crippen molar-refractivity contribution in [3.05, 3.63) is 57.6 Å². The Morgan fingerprint density at radius 3 is 2.44 bits per heavy atom. The Hall–Kier alpha value is -2.04. The standard InChI is InChI=1S/C19H18Cl2N2O2/c1-11-5-3-6-12(2)18(11)23-10-13(9-16(23)24)19(25)22-15-8-4-7-14(20)17(15)21/h3-8,13H,9-10H2,1-2H3,(H,22,25)/t13-/m1/s1. The van der Waals surface area contributed by atoms with Crippen molar-refractivity contribution in [3.63, 3.8) is 0 Å². The van der Waals surface area contributed by atoms with Crippen molar-refractivity contribution in [3.8, 4) is 0 Å². The van der Waals surface area contributed by atoms with Gasteiger partial charge in [0.15, 0.2) is 0 Å². The van der Waals surface area contributed by atoms with Gasteiger partial charge in [0.1, 0.15) is 0 Å². The van der Waals surface area contributed by atoms with Crippen LogP contribution in [0.1, 0.15) is 17.5 Å². The van der Waals surface area contributed by atoms with E-state index in [4.69, 9.17) is 23.2 Å². The van der Waals surface area contributed by atoms with Gasteiger partial charge in [-0.25, -0.2) is 0 Å². The molecule has 2 aromatic carbocycles. The lowest BCUT2D eigenvalue weighted by Crippen LogP contribution is -2.29. The number of nitrogens with zero attached hydrogens (tertiary/aromatic N) is 1. The molecular formula is C19H18Cl2N2O2. The molecule has 0 bridgehead atoms. The van der Waals surface area contributed by atoms with Crippen molar-refractivity contribution in [2.75, 3.05) is 16.8 Å². The SMILES string of the molecule is Cc1cccc(C)c1N1C[C@H](C(=O)Nc2cccc(Cl)c2Cl)CC1=O. The predicted octanol–water partition coefficient (Wildman–Crippen LogP) is 4.60. The maximum Gasteiger partial charge on any atom is 0.229 e. The minimum atomic E-state index is -0.429. The summed E-state index contributed by atoms with van der Waals surface area (Å²) in [4.78, 5) is 26.7. The molecule has 1 N–H and O–H groups in total. The van der Waals surface area contributed by atoms with Gasteiger partial charge in [0.25, 0.3) is 0 Å². The second-order valence-corrected chi connectivity index (χ2v) is 7.02. The van der Waals surface area contributed by atoms with Crippen molar-refractivity contribution in [1.82, 2.24) is 0 Å². The number of halogens is 2. The molecule has 0 saturated carbocycles. The first kappa shape index (κ1) is 17.8. The Balaban J connectivity index is 1.78. The number of para-hydroxylation sites is 1. The van der Waals surface area contributed by atoms with Gasteiger partial charge in [-0.1, -0.05) is 47.5 Å².